The van der Waals surface area contributed by atoms with Crippen LogP contribution in [0.5, 0.6) is 0 Å². The molecule has 0 aromatic heterocycles. The molecular formula is C12H17BrO3. The number of halogens is 1. The van der Waals surface area contributed by atoms with Crippen LogP contribution in [0, 0.1) is 0 Å². The van der Waals surface area contributed by atoms with E-state index in [0.717, 1.165) is 5.56 Å². The van der Waals surface area contributed by atoms with E-state index in [9.17, 15) is 10.2 Å². The predicted octanol–water partition coefficient (Wildman–Crippen LogP) is 1.71. The van der Waals surface area contributed by atoms with Crippen molar-refractivity contribution in [2.75, 3.05) is 6.61 Å². The van der Waals surface area contributed by atoms with Crippen molar-refractivity contribution in [1.29, 1.82) is 0 Å². The van der Waals surface area contributed by atoms with Crippen molar-refractivity contribution in [3.8, 4) is 0 Å². The number of aliphatic hydroxyl groups is 2. The van der Waals surface area contributed by atoms with Gasteiger partial charge in [0, 0.05) is 0 Å². The minimum absolute atomic E-state index is 0.254. The first-order valence-electron chi connectivity index (χ1n) is 5.23. The van der Waals surface area contributed by atoms with Crippen LogP contribution in [0.1, 0.15) is 12.5 Å². The van der Waals surface area contributed by atoms with Crippen molar-refractivity contribution in [2.24, 2.45) is 0 Å². The summed E-state index contributed by atoms with van der Waals surface area (Å²) in [4.78, 5) is -0.254. The third-order valence-electron chi connectivity index (χ3n) is 2.25. The maximum Gasteiger partial charge on any atom is 0.0943 e. The van der Waals surface area contributed by atoms with Crippen molar-refractivity contribution in [3.63, 3.8) is 0 Å². The van der Waals surface area contributed by atoms with Gasteiger partial charge in [0.15, 0.2) is 0 Å². The van der Waals surface area contributed by atoms with E-state index in [1.54, 1.807) is 6.92 Å². The highest BCUT2D eigenvalue weighted by Crippen LogP contribution is 2.11. The molecule has 3 atom stereocenters. The van der Waals surface area contributed by atoms with Gasteiger partial charge in [-0.1, -0.05) is 46.3 Å². The van der Waals surface area contributed by atoms with Crippen molar-refractivity contribution < 1.29 is 14.9 Å². The zero-order valence-electron chi connectivity index (χ0n) is 9.21. The van der Waals surface area contributed by atoms with Crippen molar-refractivity contribution in [2.45, 2.75) is 30.6 Å². The van der Waals surface area contributed by atoms with Crippen LogP contribution in [0.25, 0.3) is 0 Å². The molecule has 0 fully saturated rings. The first-order chi connectivity index (χ1) is 7.61. The number of ether oxygens (including phenoxy) is 1. The molecule has 1 rings (SSSR count). The van der Waals surface area contributed by atoms with E-state index < -0.39 is 12.2 Å². The molecule has 2 N–H and O–H groups in total. The summed E-state index contributed by atoms with van der Waals surface area (Å²) in [6.45, 7) is 2.42. The minimum Gasteiger partial charge on any atom is -0.391 e. The molecule has 90 valence electrons. The fourth-order valence-corrected chi connectivity index (χ4v) is 1.89. The molecule has 0 aliphatic heterocycles. The van der Waals surface area contributed by atoms with Crippen molar-refractivity contribution >= 4 is 15.9 Å². The fourth-order valence-electron chi connectivity index (χ4n) is 1.26. The highest BCUT2D eigenvalue weighted by atomic mass is 79.9. The number of hydrogen-bond acceptors (Lipinski definition) is 3. The van der Waals surface area contributed by atoms with E-state index in [0.29, 0.717) is 13.2 Å². The third kappa shape index (κ3) is 4.61. The van der Waals surface area contributed by atoms with Gasteiger partial charge in [-0.05, 0) is 12.5 Å². The van der Waals surface area contributed by atoms with Gasteiger partial charge < -0.3 is 14.9 Å². The second kappa shape index (κ2) is 7.01. The lowest BCUT2D eigenvalue weighted by Crippen LogP contribution is -2.34. The van der Waals surface area contributed by atoms with Crippen LogP contribution in [0.4, 0.5) is 0 Å². The monoisotopic (exact) mass is 288 g/mol. The normalized spacial score (nSPS) is 16.8. The molecule has 0 unspecified atom stereocenters. The topological polar surface area (TPSA) is 49.7 Å². The van der Waals surface area contributed by atoms with Gasteiger partial charge in [0.05, 0.1) is 30.2 Å². The summed E-state index contributed by atoms with van der Waals surface area (Å²) in [7, 11) is 0. The van der Waals surface area contributed by atoms with E-state index >= 15 is 0 Å². The van der Waals surface area contributed by atoms with Gasteiger partial charge in [0.25, 0.3) is 0 Å². The molecule has 0 radical (unpaired) electrons. The van der Waals surface area contributed by atoms with Crippen LogP contribution in [-0.2, 0) is 11.3 Å². The van der Waals surface area contributed by atoms with Crippen LogP contribution in [0.2, 0.25) is 0 Å². The van der Waals surface area contributed by atoms with Gasteiger partial charge in [-0.15, -0.1) is 0 Å². The number of aliphatic hydroxyl groups excluding tert-OH is 2. The van der Waals surface area contributed by atoms with Crippen LogP contribution in [-0.4, -0.2) is 33.9 Å². The minimum atomic E-state index is -0.809. The Morgan fingerprint density at radius 1 is 1.25 bits per heavy atom. The number of benzene rings is 1. The van der Waals surface area contributed by atoms with E-state index in [1.807, 2.05) is 30.3 Å². The molecule has 3 nitrogen and oxygen atoms in total. The Bertz CT molecular complexity index is 290. The summed E-state index contributed by atoms with van der Waals surface area (Å²) in [5.41, 5.74) is 1.09. The van der Waals surface area contributed by atoms with Crippen LogP contribution >= 0.6 is 15.9 Å². The van der Waals surface area contributed by atoms with Crippen LogP contribution < -0.4 is 0 Å². The summed E-state index contributed by atoms with van der Waals surface area (Å²) < 4.78 is 5.43. The smallest absolute Gasteiger partial charge is 0.0943 e. The fraction of sp³-hybridized carbons (Fsp3) is 0.500. The first-order valence-corrected chi connectivity index (χ1v) is 6.14. The summed E-state index contributed by atoms with van der Waals surface area (Å²) in [6, 6.07) is 9.82. The largest absolute Gasteiger partial charge is 0.391 e. The van der Waals surface area contributed by atoms with E-state index in [1.165, 1.54) is 0 Å². The maximum absolute atomic E-state index is 9.52. The Balaban J connectivity index is 2.25. The zero-order chi connectivity index (χ0) is 12.0. The lowest BCUT2D eigenvalue weighted by Gasteiger charge is -2.19. The van der Waals surface area contributed by atoms with Gasteiger partial charge in [0.2, 0.25) is 0 Å². The molecule has 1 aromatic carbocycles. The first kappa shape index (κ1) is 13.6. The summed E-state index contributed by atoms with van der Waals surface area (Å²) >= 11 is 3.28. The average Bonchev–Trinajstić information content (AvgIpc) is 2.29. The zero-order valence-corrected chi connectivity index (χ0v) is 10.8. The lowest BCUT2D eigenvalue weighted by molar-refractivity contribution is 0.00889. The number of rotatable bonds is 6. The second-order valence-electron chi connectivity index (χ2n) is 3.75. The molecule has 0 heterocycles. The Labute approximate surface area is 104 Å². The SMILES string of the molecule is C[C@H](O)[C@@H](O)[C@@H](Br)COCc1ccccc1. The molecule has 4 heteroatoms. The Hall–Kier alpha value is -0.420. The third-order valence-corrected chi connectivity index (χ3v) is 3.06. The Morgan fingerprint density at radius 2 is 1.88 bits per heavy atom. The van der Waals surface area contributed by atoms with Crippen LogP contribution in [0.15, 0.2) is 30.3 Å². The Morgan fingerprint density at radius 3 is 2.44 bits per heavy atom. The summed E-state index contributed by atoms with van der Waals surface area (Å²) in [6.07, 6.45) is -1.57. The predicted molar refractivity (Wildman–Crippen MR) is 66.5 cm³/mol. The van der Waals surface area contributed by atoms with Gasteiger partial charge >= 0.3 is 0 Å². The molecule has 0 amide bonds. The molecule has 0 aliphatic rings. The van der Waals surface area contributed by atoms with Crippen molar-refractivity contribution in [1.82, 2.24) is 0 Å². The lowest BCUT2D eigenvalue weighted by atomic mass is 10.2. The van der Waals surface area contributed by atoms with Crippen LogP contribution in [0.3, 0.4) is 0 Å². The van der Waals surface area contributed by atoms with E-state index in [2.05, 4.69) is 15.9 Å². The van der Waals surface area contributed by atoms with Gasteiger partial charge in [0.1, 0.15) is 0 Å². The summed E-state index contributed by atoms with van der Waals surface area (Å²) in [5, 5.41) is 18.7. The number of alkyl halides is 1. The molecule has 1 aromatic rings. The molecule has 0 aliphatic carbocycles. The van der Waals surface area contributed by atoms with Gasteiger partial charge in [-0.25, -0.2) is 0 Å². The quantitative estimate of drug-likeness (QED) is 0.784. The molecule has 0 bridgehead atoms. The van der Waals surface area contributed by atoms with Gasteiger partial charge in [-0.2, -0.15) is 0 Å². The highest BCUT2D eigenvalue weighted by Gasteiger charge is 2.20. The molecule has 0 saturated carbocycles. The van der Waals surface area contributed by atoms with Gasteiger partial charge in [-0.3, -0.25) is 0 Å². The second-order valence-corrected chi connectivity index (χ2v) is 4.92. The van der Waals surface area contributed by atoms with Crippen molar-refractivity contribution in [3.05, 3.63) is 35.9 Å². The molecule has 16 heavy (non-hydrogen) atoms. The molecular weight excluding hydrogens is 272 g/mol. The number of hydrogen-bond donors (Lipinski definition) is 2. The molecule has 0 spiro atoms. The molecule has 0 saturated heterocycles. The van der Waals surface area contributed by atoms with E-state index in [4.69, 9.17) is 4.74 Å². The highest BCUT2D eigenvalue weighted by molar-refractivity contribution is 9.09. The van der Waals surface area contributed by atoms with E-state index in [-0.39, 0.29) is 4.83 Å². The summed E-state index contributed by atoms with van der Waals surface area (Å²) in [5.74, 6) is 0. The standard InChI is InChI=1S/C12H17BrO3/c1-9(14)12(15)11(13)8-16-7-10-5-3-2-4-6-10/h2-6,9,11-12,14-15H,7-8H2,1H3/t9-,11-,12+/m0/s1. The Kier molecular flexibility index (Phi) is 5.98. The maximum atomic E-state index is 9.52. The average molecular weight is 289 g/mol.